The van der Waals surface area contributed by atoms with Gasteiger partial charge < -0.3 is 0 Å². The fourth-order valence-electron chi connectivity index (χ4n) is 3.91. The maximum atomic E-state index is 12.4. The maximum Gasteiger partial charge on any atom is 0.162 e. The lowest BCUT2D eigenvalue weighted by Gasteiger charge is -2.13. The SMILES string of the molecule is CC(=O)c1c(C)nc2sc3c(c2c1-c1ccccc1)C1CN1C3. The summed E-state index contributed by atoms with van der Waals surface area (Å²) in [4.78, 5) is 22.1. The molecule has 3 nitrogen and oxygen atoms in total. The van der Waals surface area contributed by atoms with E-state index in [1.54, 1.807) is 18.3 Å². The Balaban J connectivity index is 1.95. The van der Waals surface area contributed by atoms with E-state index in [-0.39, 0.29) is 5.78 Å². The van der Waals surface area contributed by atoms with Gasteiger partial charge in [0.2, 0.25) is 0 Å². The van der Waals surface area contributed by atoms with Gasteiger partial charge in [-0.2, -0.15) is 0 Å². The Bertz CT molecular complexity index is 974. The molecule has 2 atom stereocenters. The number of carbonyl (C=O) groups is 1. The van der Waals surface area contributed by atoms with Gasteiger partial charge in [0, 0.05) is 40.5 Å². The van der Waals surface area contributed by atoms with Crippen LogP contribution in [0.5, 0.6) is 0 Å². The number of aromatic nitrogens is 1. The van der Waals surface area contributed by atoms with Crippen LogP contribution in [0.3, 0.4) is 0 Å². The second-order valence-electron chi connectivity index (χ2n) is 6.43. The van der Waals surface area contributed by atoms with Gasteiger partial charge in [-0.05, 0) is 25.0 Å². The molecule has 2 aliphatic heterocycles. The number of aryl methyl sites for hydroxylation is 1. The first-order chi connectivity index (χ1) is 11.1. The fraction of sp³-hybridized carbons (Fsp3) is 0.263. The highest BCUT2D eigenvalue weighted by Crippen LogP contribution is 2.53. The summed E-state index contributed by atoms with van der Waals surface area (Å²) in [6.45, 7) is 5.80. The summed E-state index contributed by atoms with van der Waals surface area (Å²) in [6, 6.07) is 10.8. The van der Waals surface area contributed by atoms with Gasteiger partial charge >= 0.3 is 0 Å². The molecule has 2 aromatic heterocycles. The summed E-state index contributed by atoms with van der Waals surface area (Å²) < 4.78 is 0. The molecule has 0 amide bonds. The minimum Gasteiger partial charge on any atom is -0.294 e. The first-order valence-electron chi connectivity index (χ1n) is 7.91. The smallest absolute Gasteiger partial charge is 0.162 e. The Morgan fingerprint density at radius 1 is 1.30 bits per heavy atom. The van der Waals surface area contributed by atoms with Crippen LogP contribution in [0, 0.1) is 6.92 Å². The number of hydrogen-bond donors (Lipinski definition) is 0. The Hall–Kier alpha value is -2.04. The largest absolute Gasteiger partial charge is 0.294 e. The van der Waals surface area contributed by atoms with E-state index >= 15 is 0 Å². The van der Waals surface area contributed by atoms with Crippen LogP contribution in [0.4, 0.5) is 0 Å². The molecule has 1 saturated heterocycles. The van der Waals surface area contributed by atoms with Gasteiger partial charge in [-0.3, -0.25) is 9.69 Å². The van der Waals surface area contributed by atoms with Crippen LogP contribution in [-0.4, -0.2) is 22.2 Å². The number of hydrogen-bond acceptors (Lipinski definition) is 4. The van der Waals surface area contributed by atoms with Crippen LogP contribution < -0.4 is 0 Å². The Morgan fingerprint density at radius 3 is 2.83 bits per heavy atom. The van der Waals surface area contributed by atoms with E-state index in [4.69, 9.17) is 4.98 Å². The summed E-state index contributed by atoms with van der Waals surface area (Å²) in [5, 5.41) is 1.22. The van der Waals surface area contributed by atoms with E-state index in [2.05, 4.69) is 17.0 Å². The first-order valence-corrected chi connectivity index (χ1v) is 8.73. The summed E-state index contributed by atoms with van der Waals surface area (Å²) >= 11 is 1.80. The lowest BCUT2D eigenvalue weighted by molar-refractivity contribution is 0.101. The maximum absolute atomic E-state index is 12.4. The van der Waals surface area contributed by atoms with Gasteiger partial charge in [-0.1, -0.05) is 30.3 Å². The number of rotatable bonds is 2. The molecule has 1 aromatic carbocycles. The van der Waals surface area contributed by atoms with Crippen molar-refractivity contribution in [3.8, 4) is 11.1 Å². The zero-order chi connectivity index (χ0) is 15.7. The molecule has 0 saturated carbocycles. The van der Waals surface area contributed by atoms with Crippen molar-refractivity contribution < 1.29 is 4.79 Å². The summed E-state index contributed by atoms with van der Waals surface area (Å²) in [5.41, 5.74) is 5.26. The van der Waals surface area contributed by atoms with Crippen LogP contribution in [0.25, 0.3) is 21.3 Å². The van der Waals surface area contributed by atoms with Crippen molar-refractivity contribution in [2.75, 3.05) is 6.54 Å². The van der Waals surface area contributed by atoms with Crippen LogP contribution in [0.2, 0.25) is 0 Å². The second-order valence-corrected chi connectivity index (χ2v) is 7.52. The van der Waals surface area contributed by atoms with Gasteiger partial charge in [0.05, 0.1) is 5.69 Å². The number of Topliss-reactive ketones (excluding diaryl/α,β-unsaturated/α-hetero) is 1. The first kappa shape index (κ1) is 13.4. The summed E-state index contributed by atoms with van der Waals surface area (Å²) in [7, 11) is 0. The number of ketones is 1. The molecule has 5 rings (SSSR count). The van der Waals surface area contributed by atoms with Crippen LogP contribution in [-0.2, 0) is 6.54 Å². The molecule has 0 aliphatic carbocycles. The quantitative estimate of drug-likeness (QED) is 0.520. The molecule has 0 N–H and O–H groups in total. The van der Waals surface area contributed by atoms with Crippen LogP contribution in [0.15, 0.2) is 30.3 Å². The average Bonchev–Trinajstić information content (AvgIpc) is 3.05. The van der Waals surface area contributed by atoms with E-state index in [1.807, 2.05) is 25.1 Å². The van der Waals surface area contributed by atoms with E-state index in [9.17, 15) is 4.79 Å². The molecule has 0 radical (unpaired) electrons. The van der Waals surface area contributed by atoms with Crippen molar-refractivity contribution in [2.24, 2.45) is 0 Å². The number of thiophene rings is 1. The Kier molecular flexibility index (Phi) is 2.62. The van der Waals surface area contributed by atoms with E-state index in [1.165, 1.54) is 15.8 Å². The standard InChI is InChI=1S/C19H16N2OS/c1-10-15(11(2)22)16(12-6-4-3-5-7-12)18-17-13-8-21(13)9-14(17)23-19(18)20-10/h3-7,13H,8-9H2,1-2H3. The van der Waals surface area contributed by atoms with Crippen LogP contribution >= 0.6 is 11.3 Å². The van der Waals surface area contributed by atoms with Crippen molar-refractivity contribution >= 4 is 27.3 Å². The molecular weight excluding hydrogens is 304 g/mol. The third kappa shape index (κ3) is 1.79. The van der Waals surface area contributed by atoms with Crippen molar-refractivity contribution in [1.82, 2.24) is 9.88 Å². The number of nitrogens with zero attached hydrogens (tertiary/aromatic N) is 2. The van der Waals surface area contributed by atoms with Gasteiger partial charge in [-0.15, -0.1) is 11.3 Å². The summed E-state index contributed by atoms with van der Waals surface area (Å²) in [5.74, 6) is 0.0985. The highest BCUT2D eigenvalue weighted by Gasteiger charge is 2.46. The fourth-order valence-corrected chi connectivity index (χ4v) is 5.22. The average molecular weight is 320 g/mol. The molecular formula is C19H16N2OS. The van der Waals surface area contributed by atoms with Gasteiger partial charge in [-0.25, -0.2) is 4.98 Å². The third-order valence-electron chi connectivity index (χ3n) is 4.94. The number of fused-ring (bicyclic) bond motifs is 5. The molecule has 4 heterocycles. The minimum absolute atomic E-state index is 0.0985. The zero-order valence-corrected chi connectivity index (χ0v) is 13.9. The topological polar surface area (TPSA) is 33.0 Å². The predicted molar refractivity (Wildman–Crippen MR) is 92.9 cm³/mol. The van der Waals surface area contributed by atoms with Crippen molar-refractivity contribution in [3.63, 3.8) is 0 Å². The molecule has 4 heteroatoms. The van der Waals surface area contributed by atoms with E-state index in [0.717, 1.165) is 40.3 Å². The second kappa shape index (κ2) is 4.49. The number of pyridine rings is 1. The Morgan fingerprint density at radius 2 is 2.09 bits per heavy atom. The van der Waals surface area contributed by atoms with Crippen molar-refractivity contribution in [2.45, 2.75) is 26.4 Å². The normalized spacial score (nSPS) is 21.3. The molecule has 0 bridgehead atoms. The zero-order valence-electron chi connectivity index (χ0n) is 13.1. The lowest BCUT2D eigenvalue weighted by atomic mass is 9.92. The molecule has 3 aromatic rings. The van der Waals surface area contributed by atoms with E-state index in [0.29, 0.717) is 6.04 Å². The third-order valence-corrected chi connectivity index (χ3v) is 6.03. The predicted octanol–water partition coefficient (Wildman–Crippen LogP) is 4.34. The van der Waals surface area contributed by atoms with E-state index < -0.39 is 0 Å². The van der Waals surface area contributed by atoms with Gasteiger partial charge in [0.25, 0.3) is 0 Å². The number of carbonyl (C=O) groups excluding carboxylic acids is 1. The Labute approximate surface area is 138 Å². The molecule has 2 unspecified atom stereocenters. The highest BCUT2D eigenvalue weighted by atomic mass is 32.1. The highest BCUT2D eigenvalue weighted by molar-refractivity contribution is 7.19. The van der Waals surface area contributed by atoms with Gasteiger partial charge in [0.1, 0.15) is 4.83 Å². The molecule has 2 aliphatic rings. The van der Waals surface area contributed by atoms with Crippen molar-refractivity contribution in [1.29, 1.82) is 0 Å². The van der Waals surface area contributed by atoms with Gasteiger partial charge in [0.15, 0.2) is 5.78 Å². The van der Waals surface area contributed by atoms with Crippen molar-refractivity contribution in [3.05, 3.63) is 52.0 Å². The molecule has 0 spiro atoms. The minimum atomic E-state index is 0.0985. The molecule has 1 fully saturated rings. The molecule has 23 heavy (non-hydrogen) atoms. The monoisotopic (exact) mass is 320 g/mol. The number of benzene rings is 1. The van der Waals surface area contributed by atoms with Crippen LogP contribution in [0.1, 0.15) is 39.5 Å². The molecule has 114 valence electrons. The lowest BCUT2D eigenvalue weighted by Crippen LogP contribution is -2.03. The summed E-state index contributed by atoms with van der Waals surface area (Å²) in [6.07, 6.45) is 0.